The van der Waals surface area contributed by atoms with Gasteiger partial charge < -0.3 is 9.84 Å². The van der Waals surface area contributed by atoms with Crippen LogP contribution in [0.4, 0.5) is 13.2 Å². The topological polar surface area (TPSA) is 46.5 Å². The van der Waals surface area contributed by atoms with E-state index in [1.165, 1.54) is 18.2 Å². The van der Waals surface area contributed by atoms with Crippen LogP contribution < -0.4 is 4.74 Å². The molecule has 0 aliphatic heterocycles. The minimum atomic E-state index is -1.45. The maximum atomic E-state index is 13.6. The van der Waals surface area contributed by atoms with Crippen molar-refractivity contribution in [2.24, 2.45) is 0 Å². The van der Waals surface area contributed by atoms with Crippen LogP contribution in [0.5, 0.6) is 5.75 Å². The quantitative estimate of drug-likeness (QED) is 0.890. The number of hydrogen-bond donors (Lipinski definition) is 1. The van der Waals surface area contributed by atoms with Crippen LogP contribution in [0.3, 0.4) is 0 Å². The summed E-state index contributed by atoms with van der Waals surface area (Å²) in [5, 5.41) is 8.68. The van der Waals surface area contributed by atoms with Gasteiger partial charge in [-0.05, 0) is 34.1 Å². The molecule has 0 aliphatic rings. The number of ether oxygens (including phenoxy) is 1. The first-order valence-corrected chi connectivity index (χ1v) is 6.47. The summed E-state index contributed by atoms with van der Waals surface area (Å²) in [4.78, 5) is 10.7. The van der Waals surface area contributed by atoms with E-state index < -0.39 is 34.7 Å². The predicted molar refractivity (Wildman–Crippen MR) is 71.7 cm³/mol. The summed E-state index contributed by atoms with van der Waals surface area (Å²) in [5.74, 6) is -4.97. The summed E-state index contributed by atoms with van der Waals surface area (Å²) in [6.07, 6.45) is 0. The van der Waals surface area contributed by atoms with Gasteiger partial charge in [-0.15, -0.1) is 0 Å². The number of benzene rings is 2. The lowest BCUT2D eigenvalue weighted by Crippen LogP contribution is -2.04. The molecule has 0 atom stereocenters. The summed E-state index contributed by atoms with van der Waals surface area (Å²) in [6.45, 7) is -0.279. The molecule has 1 N–H and O–H groups in total. The molecule has 2 aromatic carbocycles. The standard InChI is InChI=1S/C14H8BrF3O3/c15-12-7(2-1-3-9(12)16)6-21-13-10(17)4-8(14(19)20)5-11(13)18/h1-5H,6H2,(H,19,20). The molecular formula is C14H8BrF3O3. The lowest BCUT2D eigenvalue weighted by atomic mass is 10.2. The molecule has 0 aliphatic carbocycles. The van der Waals surface area contributed by atoms with Gasteiger partial charge in [0.15, 0.2) is 17.4 Å². The molecule has 21 heavy (non-hydrogen) atoms. The Morgan fingerprint density at radius 1 is 1.14 bits per heavy atom. The van der Waals surface area contributed by atoms with Gasteiger partial charge in [-0.2, -0.15) is 0 Å². The minimum absolute atomic E-state index is 0.132. The highest BCUT2D eigenvalue weighted by Crippen LogP contribution is 2.26. The second kappa shape index (κ2) is 6.17. The number of carboxylic acid groups (broad SMARTS) is 1. The summed E-state index contributed by atoms with van der Waals surface area (Å²) in [6, 6.07) is 5.48. The van der Waals surface area contributed by atoms with E-state index in [-0.39, 0.29) is 11.1 Å². The van der Waals surface area contributed by atoms with Crippen molar-refractivity contribution in [1.29, 1.82) is 0 Å². The van der Waals surface area contributed by atoms with E-state index in [4.69, 9.17) is 9.84 Å². The Balaban J connectivity index is 2.24. The molecule has 2 rings (SSSR count). The predicted octanol–water partition coefficient (Wildman–Crippen LogP) is 4.14. The van der Waals surface area contributed by atoms with Crippen molar-refractivity contribution in [2.75, 3.05) is 0 Å². The number of carboxylic acids is 1. The van der Waals surface area contributed by atoms with Crippen molar-refractivity contribution in [3.8, 4) is 5.75 Å². The fourth-order valence-electron chi connectivity index (χ4n) is 1.63. The lowest BCUT2D eigenvalue weighted by molar-refractivity contribution is 0.0695. The maximum absolute atomic E-state index is 13.6. The minimum Gasteiger partial charge on any atom is -0.483 e. The number of carbonyl (C=O) groups is 1. The van der Waals surface area contributed by atoms with Gasteiger partial charge in [0, 0.05) is 5.56 Å². The molecular weight excluding hydrogens is 353 g/mol. The normalized spacial score (nSPS) is 10.5. The van der Waals surface area contributed by atoms with Crippen molar-refractivity contribution in [3.63, 3.8) is 0 Å². The summed E-state index contributed by atoms with van der Waals surface area (Å²) in [7, 11) is 0. The molecule has 0 fully saturated rings. The van der Waals surface area contributed by atoms with Gasteiger partial charge in [-0.1, -0.05) is 12.1 Å². The smallest absolute Gasteiger partial charge is 0.335 e. The Morgan fingerprint density at radius 2 is 1.76 bits per heavy atom. The number of rotatable bonds is 4. The first-order chi connectivity index (χ1) is 9.90. The van der Waals surface area contributed by atoms with Crippen LogP contribution in [0, 0.1) is 17.5 Å². The second-order valence-corrected chi connectivity index (χ2v) is 4.87. The zero-order chi connectivity index (χ0) is 15.6. The summed E-state index contributed by atoms with van der Waals surface area (Å²) in [5.41, 5.74) is -0.166. The van der Waals surface area contributed by atoms with Gasteiger partial charge in [-0.3, -0.25) is 0 Å². The van der Waals surface area contributed by atoms with E-state index in [0.717, 1.165) is 0 Å². The molecule has 0 unspecified atom stereocenters. The fourth-order valence-corrected chi connectivity index (χ4v) is 2.01. The van der Waals surface area contributed by atoms with Gasteiger partial charge in [0.1, 0.15) is 12.4 Å². The molecule has 0 amide bonds. The molecule has 0 heterocycles. The van der Waals surface area contributed by atoms with Crippen LogP contribution in [0.15, 0.2) is 34.8 Å². The third kappa shape index (κ3) is 3.36. The molecule has 110 valence electrons. The highest BCUT2D eigenvalue weighted by Gasteiger charge is 2.16. The third-order valence-corrected chi connectivity index (χ3v) is 3.54. The monoisotopic (exact) mass is 360 g/mol. The van der Waals surface area contributed by atoms with Crippen LogP contribution in [-0.4, -0.2) is 11.1 Å². The summed E-state index contributed by atoms with van der Waals surface area (Å²) < 4.78 is 45.7. The Kier molecular flexibility index (Phi) is 4.52. The van der Waals surface area contributed by atoms with Crippen molar-refractivity contribution in [3.05, 3.63) is 63.4 Å². The van der Waals surface area contributed by atoms with E-state index in [2.05, 4.69) is 15.9 Å². The second-order valence-electron chi connectivity index (χ2n) is 4.08. The highest BCUT2D eigenvalue weighted by atomic mass is 79.9. The highest BCUT2D eigenvalue weighted by molar-refractivity contribution is 9.10. The summed E-state index contributed by atoms with van der Waals surface area (Å²) >= 11 is 3.00. The van der Waals surface area contributed by atoms with Gasteiger partial charge >= 0.3 is 5.97 Å². The van der Waals surface area contributed by atoms with Gasteiger partial charge in [0.2, 0.25) is 0 Å². The molecule has 3 nitrogen and oxygen atoms in total. The molecule has 0 radical (unpaired) electrons. The van der Waals surface area contributed by atoms with Gasteiger partial charge in [0.05, 0.1) is 10.0 Å². The maximum Gasteiger partial charge on any atom is 0.335 e. The SMILES string of the molecule is O=C(O)c1cc(F)c(OCc2cccc(F)c2Br)c(F)c1. The molecule has 0 spiro atoms. The molecule has 2 aromatic rings. The van der Waals surface area contributed by atoms with Crippen molar-refractivity contribution >= 4 is 21.9 Å². The van der Waals surface area contributed by atoms with Gasteiger partial charge in [-0.25, -0.2) is 18.0 Å². The van der Waals surface area contributed by atoms with Crippen molar-refractivity contribution in [1.82, 2.24) is 0 Å². The third-order valence-electron chi connectivity index (χ3n) is 2.65. The Morgan fingerprint density at radius 3 is 2.33 bits per heavy atom. The van der Waals surface area contributed by atoms with Crippen LogP contribution in [0.25, 0.3) is 0 Å². The lowest BCUT2D eigenvalue weighted by Gasteiger charge is -2.10. The number of hydrogen-bond acceptors (Lipinski definition) is 2. The van der Waals surface area contributed by atoms with Gasteiger partial charge in [0.25, 0.3) is 0 Å². The molecule has 0 saturated carbocycles. The fraction of sp³-hybridized carbons (Fsp3) is 0.0714. The van der Waals surface area contributed by atoms with Crippen LogP contribution >= 0.6 is 15.9 Å². The average molecular weight is 361 g/mol. The number of aromatic carboxylic acids is 1. The van der Waals surface area contributed by atoms with E-state index in [1.54, 1.807) is 0 Å². The van der Waals surface area contributed by atoms with E-state index in [0.29, 0.717) is 17.7 Å². The zero-order valence-electron chi connectivity index (χ0n) is 10.4. The van der Waals surface area contributed by atoms with Crippen LogP contribution in [0.2, 0.25) is 0 Å². The largest absolute Gasteiger partial charge is 0.483 e. The Labute approximate surface area is 126 Å². The molecule has 7 heteroatoms. The van der Waals surface area contributed by atoms with Crippen molar-refractivity contribution < 1.29 is 27.8 Å². The zero-order valence-corrected chi connectivity index (χ0v) is 12.0. The first-order valence-electron chi connectivity index (χ1n) is 5.68. The van der Waals surface area contributed by atoms with E-state index in [1.807, 2.05) is 0 Å². The molecule has 0 bridgehead atoms. The first kappa shape index (κ1) is 15.4. The van der Waals surface area contributed by atoms with Crippen LogP contribution in [-0.2, 0) is 6.61 Å². The average Bonchev–Trinajstić information content (AvgIpc) is 2.42. The van der Waals surface area contributed by atoms with E-state index >= 15 is 0 Å². The number of halogens is 4. The van der Waals surface area contributed by atoms with Crippen LogP contribution in [0.1, 0.15) is 15.9 Å². The van der Waals surface area contributed by atoms with E-state index in [9.17, 15) is 18.0 Å². The Hall–Kier alpha value is -2.02. The van der Waals surface area contributed by atoms with Crippen molar-refractivity contribution in [2.45, 2.75) is 6.61 Å². The Bertz CT molecular complexity index is 681. The molecule has 0 saturated heterocycles. The molecule has 0 aromatic heterocycles.